The molecule has 41 heavy (non-hydrogen) atoms. The number of nitrogens with zero attached hydrogens (tertiary/aromatic N) is 4. The van der Waals surface area contributed by atoms with Crippen LogP contribution in [0.3, 0.4) is 0 Å². The van der Waals surface area contributed by atoms with Crippen LogP contribution in [0.5, 0.6) is 0 Å². The van der Waals surface area contributed by atoms with Crippen LogP contribution >= 0.6 is 46.3 Å². The number of carbonyl (C=O) groups excluding carboxylic acids is 1. The van der Waals surface area contributed by atoms with Gasteiger partial charge in [-0.15, -0.1) is 11.8 Å². The molecule has 2 N–H and O–H groups in total. The first kappa shape index (κ1) is 31.7. The van der Waals surface area contributed by atoms with Crippen molar-refractivity contribution in [3.8, 4) is 27.5 Å². The van der Waals surface area contributed by atoms with Crippen LogP contribution in [-0.2, 0) is 0 Å². The van der Waals surface area contributed by atoms with E-state index in [4.69, 9.17) is 39.0 Å². The molecule has 2 aromatic carbocycles. The molecule has 1 aliphatic heterocycles. The number of thiazole rings is 1. The Morgan fingerprint density at radius 2 is 1.83 bits per heavy atom. The highest BCUT2D eigenvalue weighted by atomic mass is 35.5. The molecule has 0 radical (unpaired) electrons. The van der Waals surface area contributed by atoms with Gasteiger partial charge in [0.2, 0.25) is 5.13 Å². The summed E-state index contributed by atoms with van der Waals surface area (Å²) in [5.74, 6) is 0.807. The summed E-state index contributed by atoms with van der Waals surface area (Å²) in [6.45, 7) is 11.6. The van der Waals surface area contributed by atoms with Crippen molar-refractivity contribution in [3.63, 3.8) is 0 Å². The monoisotopic (exact) mass is 629 g/mol. The number of hydrogen-bond donors (Lipinski definition) is 1. The van der Waals surface area contributed by atoms with Crippen molar-refractivity contribution < 1.29 is 4.79 Å². The molecule has 0 bridgehead atoms. The minimum absolute atomic E-state index is 0.359. The first-order valence-corrected chi connectivity index (χ1v) is 16.2. The van der Waals surface area contributed by atoms with Crippen molar-refractivity contribution in [3.05, 3.63) is 69.5 Å². The maximum atomic E-state index is 12.2. The summed E-state index contributed by atoms with van der Waals surface area (Å²) >= 11 is 15.6. The van der Waals surface area contributed by atoms with E-state index in [-0.39, 0.29) is 0 Å². The predicted octanol–water partition coefficient (Wildman–Crippen LogP) is 8.19. The van der Waals surface area contributed by atoms with Gasteiger partial charge in [0.05, 0.1) is 25.6 Å². The molecule has 1 saturated heterocycles. The van der Waals surface area contributed by atoms with E-state index >= 15 is 0 Å². The van der Waals surface area contributed by atoms with E-state index in [2.05, 4.69) is 25.8 Å². The largest absolute Gasteiger partial charge is 0.330 e. The van der Waals surface area contributed by atoms with E-state index in [9.17, 15) is 4.79 Å². The quantitative estimate of drug-likeness (QED) is 0.164. The predicted molar refractivity (Wildman–Crippen MR) is 175 cm³/mol. The first-order chi connectivity index (χ1) is 19.6. The summed E-state index contributed by atoms with van der Waals surface area (Å²) in [4.78, 5) is 19.5. The minimum atomic E-state index is 0.359. The van der Waals surface area contributed by atoms with Crippen LogP contribution in [0.15, 0.2) is 46.7 Å². The van der Waals surface area contributed by atoms with Crippen molar-refractivity contribution >= 4 is 52.6 Å². The lowest BCUT2D eigenvalue weighted by molar-refractivity contribution is 0.111. The number of rotatable bonds is 7. The standard InChI is InChI=1S/C24H21Cl2N3OS2.C7H16N2/c1-13(2)31-23-22(16-9-10-18(25)19(26)11-16)27-24(32-23)29-20(12-30)21(15(4)28-29)17-8-6-5-7-14(17)3;1-9-4-2-7(6-8)3-5-9/h5-13H,1-4H3;7H,2-6,8H2,1H3. The molecule has 0 saturated carbocycles. The molecule has 218 valence electrons. The summed E-state index contributed by atoms with van der Waals surface area (Å²) in [5.41, 5.74) is 11.4. The number of likely N-dealkylation sites (tertiary alicyclic amines) is 1. The molecule has 0 aliphatic carbocycles. The van der Waals surface area contributed by atoms with Crippen LogP contribution in [0.4, 0.5) is 0 Å². The van der Waals surface area contributed by atoms with Gasteiger partial charge in [-0.2, -0.15) is 5.10 Å². The Labute approximate surface area is 261 Å². The van der Waals surface area contributed by atoms with E-state index in [1.165, 1.54) is 37.3 Å². The fourth-order valence-corrected chi connectivity index (χ4v) is 7.57. The number of hydrogen-bond acceptors (Lipinski definition) is 7. The molecule has 3 heterocycles. The van der Waals surface area contributed by atoms with Gasteiger partial charge in [0.1, 0.15) is 5.69 Å². The molecule has 0 unspecified atom stereocenters. The number of piperidine rings is 1. The van der Waals surface area contributed by atoms with Gasteiger partial charge in [-0.25, -0.2) is 9.67 Å². The zero-order valence-electron chi connectivity index (χ0n) is 24.2. The van der Waals surface area contributed by atoms with Crippen LogP contribution in [0.2, 0.25) is 10.0 Å². The molecule has 10 heteroatoms. The maximum absolute atomic E-state index is 12.2. The van der Waals surface area contributed by atoms with Crippen molar-refractivity contribution in [2.75, 3.05) is 26.7 Å². The van der Waals surface area contributed by atoms with Gasteiger partial charge in [0.25, 0.3) is 0 Å². The highest BCUT2D eigenvalue weighted by Gasteiger charge is 2.23. The summed E-state index contributed by atoms with van der Waals surface area (Å²) < 4.78 is 2.69. The van der Waals surface area contributed by atoms with E-state index in [1.807, 2.05) is 50.2 Å². The van der Waals surface area contributed by atoms with E-state index in [0.717, 1.165) is 56.6 Å². The van der Waals surface area contributed by atoms with Gasteiger partial charge in [-0.05, 0) is 82.5 Å². The molecule has 0 amide bonds. The number of nitrogens with two attached hydrogens (primary N) is 1. The van der Waals surface area contributed by atoms with Gasteiger partial charge in [-0.1, -0.05) is 78.7 Å². The molecular formula is C31H37Cl2N5OS2. The third kappa shape index (κ3) is 7.61. The second kappa shape index (κ2) is 14.3. The smallest absolute Gasteiger partial charge is 0.212 e. The Morgan fingerprint density at radius 3 is 2.44 bits per heavy atom. The number of thioether (sulfide) groups is 1. The summed E-state index contributed by atoms with van der Waals surface area (Å²) in [5, 5.41) is 6.68. The van der Waals surface area contributed by atoms with E-state index in [0.29, 0.717) is 26.1 Å². The number of halogens is 2. The maximum Gasteiger partial charge on any atom is 0.212 e. The van der Waals surface area contributed by atoms with E-state index in [1.54, 1.807) is 22.5 Å². The molecule has 1 fully saturated rings. The van der Waals surface area contributed by atoms with Crippen LogP contribution in [-0.4, -0.2) is 57.9 Å². The van der Waals surface area contributed by atoms with Gasteiger partial charge < -0.3 is 10.6 Å². The van der Waals surface area contributed by atoms with Gasteiger partial charge in [-0.3, -0.25) is 4.79 Å². The third-order valence-electron chi connectivity index (χ3n) is 7.10. The van der Waals surface area contributed by atoms with E-state index < -0.39 is 0 Å². The normalized spacial score (nSPS) is 14.3. The first-order valence-electron chi connectivity index (χ1n) is 13.8. The van der Waals surface area contributed by atoms with Crippen molar-refractivity contribution in [2.45, 2.75) is 50.0 Å². The summed E-state index contributed by atoms with van der Waals surface area (Å²) in [7, 11) is 2.17. The number of benzene rings is 2. The number of aromatic nitrogens is 3. The highest BCUT2D eigenvalue weighted by molar-refractivity contribution is 8.01. The fourth-order valence-electron chi connectivity index (χ4n) is 4.79. The zero-order valence-corrected chi connectivity index (χ0v) is 27.3. The number of aldehydes is 1. The topological polar surface area (TPSA) is 77.0 Å². The van der Waals surface area contributed by atoms with Crippen molar-refractivity contribution in [1.82, 2.24) is 19.7 Å². The number of aryl methyl sites for hydroxylation is 2. The van der Waals surface area contributed by atoms with Crippen LogP contribution in [0.25, 0.3) is 27.5 Å². The lowest BCUT2D eigenvalue weighted by atomic mass is 9.98. The lowest BCUT2D eigenvalue weighted by Crippen LogP contribution is -2.33. The molecule has 6 nitrogen and oxygen atoms in total. The minimum Gasteiger partial charge on any atom is -0.330 e. The summed E-state index contributed by atoms with van der Waals surface area (Å²) in [6, 6.07) is 13.5. The van der Waals surface area contributed by atoms with Crippen LogP contribution < -0.4 is 5.73 Å². The Morgan fingerprint density at radius 1 is 1.12 bits per heavy atom. The zero-order chi connectivity index (χ0) is 29.7. The molecular weight excluding hydrogens is 593 g/mol. The Bertz CT molecular complexity index is 1490. The van der Waals surface area contributed by atoms with Crippen LogP contribution in [0.1, 0.15) is 48.4 Å². The average Bonchev–Trinajstić information content (AvgIpc) is 3.51. The summed E-state index contributed by atoms with van der Waals surface area (Å²) in [6.07, 6.45) is 3.46. The molecule has 0 atom stereocenters. The van der Waals surface area contributed by atoms with Crippen LogP contribution in [0, 0.1) is 19.8 Å². The van der Waals surface area contributed by atoms with Crippen molar-refractivity contribution in [2.24, 2.45) is 11.7 Å². The second-order valence-corrected chi connectivity index (χ2v) is 14.2. The SMILES string of the molecule is CN1CCC(CN)CC1.Cc1ccccc1-c1c(C)nn(-c2nc(-c3ccc(Cl)c(Cl)c3)c(SC(C)C)s2)c1C=O. The van der Waals surface area contributed by atoms with Gasteiger partial charge >= 0.3 is 0 Å². The molecule has 2 aromatic heterocycles. The Kier molecular flexibility index (Phi) is 11.1. The highest BCUT2D eigenvalue weighted by Crippen LogP contribution is 2.42. The van der Waals surface area contributed by atoms with Gasteiger partial charge in [0.15, 0.2) is 6.29 Å². The van der Waals surface area contributed by atoms with Gasteiger partial charge in [0, 0.05) is 16.4 Å². The average molecular weight is 631 g/mol. The second-order valence-electron chi connectivity index (χ2n) is 10.6. The molecule has 4 aromatic rings. The Hall–Kier alpha value is -2.20. The number of carbonyl (C=O) groups is 1. The third-order valence-corrected chi connectivity index (χ3v) is 10.1. The van der Waals surface area contributed by atoms with Crippen molar-refractivity contribution in [1.29, 1.82) is 0 Å². The molecule has 5 rings (SSSR count). The molecule has 1 aliphatic rings. The lowest BCUT2D eigenvalue weighted by Gasteiger charge is -2.27. The Balaban J connectivity index is 0.000000367. The molecule has 0 spiro atoms. The fraction of sp³-hybridized carbons (Fsp3) is 0.387.